The van der Waals surface area contributed by atoms with Crippen LogP contribution in [0.2, 0.25) is 0 Å². The van der Waals surface area contributed by atoms with Crippen molar-refractivity contribution in [2.24, 2.45) is 5.92 Å². The van der Waals surface area contributed by atoms with Crippen molar-refractivity contribution < 1.29 is 14.4 Å². The fraction of sp³-hybridized carbons (Fsp3) is 0.370. The van der Waals surface area contributed by atoms with Crippen LogP contribution in [0.3, 0.4) is 0 Å². The lowest BCUT2D eigenvalue weighted by atomic mass is 10.0. The topological polar surface area (TPSA) is 104 Å². The molecule has 36 heavy (non-hydrogen) atoms. The zero-order valence-electron chi connectivity index (χ0n) is 20.8. The summed E-state index contributed by atoms with van der Waals surface area (Å²) < 4.78 is 0. The minimum absolute atomic E-state index is 0.0481. The molecule has 188 valence electrons. The number of aromatic nitrogens is 2. The molecule has 0 radical (unpaired) electrons. The minimum atomic E-state index is -0.336. The van der Waals surface area contributed by atoms with Crippen LogP contribution in [0.15, 0.2) is 48.5 Å². The zero-order chi connectivity index (χ0) is 25.7. The van der Waals surface area contributed by atoms with Crippen molar-refractivity contribution in [3.8, 4) is 0 Å². The van der Waals surface area contributed by atoms with Crippen molar-refractivity contribution in [2.45, 2.75) is 52.4 Å². The van der Waals surface area contributed by atoms with Crippen LogP contribution in [0.1, 0.15) is 66.9 Å². The smallest absolute Gasteiger partial charge is 0.257 e. The third-order valence-corrected chi connectivity index (χ3v) is 7.55. The lowest BCUT2D eigenvalue weighted by Crippen LogP contribution is -2.25. The van der Waals surface area contributed by atoms with E-state index in [9.17, 15) is 14.4 Å². The average Bonchev–Trinajstić information content (AvgIpc) is 3.51. The van der Waals surface area contributed by atoms with E-state index in [1.165, 1.54) is 11.3 Å². The van der Waals surface area contributed by atoms with Gasteiger partial charge in [0.1, 0.15) is 5.01 Å². The van der Waals surface area contributed by atoms with E-state index in [2.05, 4.69) is 27.8 Å². The zero-order valence-corrected chi connectivity index (χ0v) is 21.6. The summed E-state index contributed by atoms with van der Waals surface area (Å²) in [5, 5.41) is 15.2. The van der Waals surface area contributed by atoms with Crippen molar-refractivity contribution in [1.29, 1.82) is 0 Å². The van der Waals surface area contributed by atoms with E-state index < -0.39 is 0 Å². The fourth-order valence-electron chi connectivity index (χ4n) is 4.44. The van der Waals surface area contributed by atoms with Crippen LogP contribution in [-0.4, -0.2) is 34.5 Å². The van der Waals surface area contributed by atoms with Crippen molar-refractivity contribution in [3.05, 3.63) is 64.7 Å². The number of aryl methyl sites for hydroxylation is 1. The summed E-state index contributed by atoms with van der Waals surface area (Å²) in [7, 11) is 0. The Bertz CT molecular complexity index is 1250. The second-order valence-electron chi connectivity index (χ2n) is 8.87. The molecule has 3 aromatic rings. The Kier molecular flexibility index (Phi) is 8.10. The Balaban J connectivity index is 1.41. The number of rotatable bonds is 9. The maximum Gasteiger partial charge on any atom is 0.257 e. The third-order valence-electron chi connectivity index (χ3n) is 6.55. The summed E-state index contributed by atoms with van der Waals surface area (Å²) in [6.45, 7) is 6.58. The van der Waals surface area contributed by atoms with E-state index in [-0.39, 0.29) is 29.6 Å². The molecule has 1 unspecified atom stereocenters. The molecular weight excluding hydrogens is 474 g/mol. The van der Waals surface area contributed by atoms with E-state index >= 15 is 0 Å². The van der Waals surface area contributed by atoms with Gasteiger partial charge < -0.3 is 10.2 Å². The number of anilines is 3. The van der Waals surface area contributed by atoms with E-state index in [4.69, 9.17) is 0 Å². The second kappa shape index (κ2) is 11.4. The van der Waals surface area contributed by atoms with E-state index in [1.54, 1.807) is 24.3 Å². The number of amides is 3. The molecule has 1 saturated heterocycles. The Morgan fingerprint density at radius 1 is 1.06 bits per heavy atom. The molecule has 1 atom stereocenters. The summed E-state index contributed by atoms with van der Waals surface area (Å²) in [6.07, 6.45) is 2.73. The normalized spacial score (nSPS) is 15.4. The van der Waals surface area contributed by atoms with E-state index in [0.717, 1.165) is 35.5 Å². The highest BCUT2D eigenvalue weighted by molar-refractivity contribution is 7.15. The lowest BCUT2D eigenvalue weighted by Gasteiger charge is -2.19. The number of carbonyl (C=O) groups is 3. The Labute approximate surface area is 215 Å². The predicted octanol–water partition coefficient (Wildman–Crippen LogP) is 5.25. The molecule has 1 aliphatic rings. The molecule has 0 saturated carbocycles. The molecule has 0 bridgehead atoms. The molecule has 9 heteroatoms. The average molecular weight is 506 g/mol. The van der Waals surface area contributed by atoms with Crippen LogP contribution in [0, 0.1) is 5.92 Å². The van der Waals surface area contributed by atoms with Gasteiger partial charge in [0, 0.05) is 41.7 Å². The van der Waals surface area contributed by atoms with Gasteiger partial charge in [-0.3, -0.25) is 19.7 Å². The number of carbonyl (C=O) groups excluding carboxylic acids is 3. The van der Waals surface area contributed by atoms with Crippen LogP contribution >= 0.6 is 11.3 Å². The first-order chi connectivity index (χ1) is 17.4. The van der Waals surface area contributed by atoms with Gasteiger partial charge in [-0.1, -0.05) is 56.4 Å². The number of benzene rings is 2. The molecule has 2 heterocycles. The first-order valence-corrected chi connectivity index (χ1v) is 13.2. The molecule has 0 aliphatic carbocycles. The van der Waals surface area contributed by atoms with E-state index in [1.807, 2.05) is 43.0 Å². The summed E-state index contributed by atoms with van der Waals surface area (Å²) in [4.78, 5) is 39.8. The van der Waals surface area contributed by atoms with Gasteiger partial charge in [-0.05, 0) is 49.1 Å². The first-order valence-electron chi connectivity index (χ1n) is 12.4. The van der Waals surface area contributed by atoms with E-state index in [0.29, 0.717) is 29.3 Å². The van der Waals surface area contributed by atoms with Gasteiger partial charge in [0.2, 0.25) is 16.9 Å². The highest BCUT2D eigenvalue weighted by atomic mass is 32.1. The van der Waals surface area contributed by atoms with Crippen molar-refractivity contribution in [2.75, 3.05) is 22.1 Å². The van der Waals surface area contributed by atoms with Crippen LogP contribution in [0.5, 0.6) is 0 Å². The predicted molar refractivity (Wildman–Crippen MR) is 143 cm³/mol. The molecule has 2 N–H and O–H groups in total. The number of nitrogens with one attached hydrogen (secondary N) is 2. The SMILES string of the molecule is CCc1ccccc1N1CC(c2nnc(NC(=O)c3cccc(NC(=O)C(CC)CC)c3)s2)CC1=O. The summed E-state index contributed by atoms with van der Waals surface area (Å²) in [5.74, 6) is -0.454. The fourth-order valence-corrected chi connectivity index (χ4v) is 5.27. The van der Waals surface area contributed by atoms with Gasteiger partial charge in [-0.25, -0.2) is 0 Å². The summed E-state index contributed by atoms with van der Waals surface area (Å²) in [5.41, 5.74) is 3.07. The Morgan fingerprint density at radius 2 is 1.83 bits per heavy atom. The van der Waals surface area contributed by atoms with Gasteiger partial charge in [0.25, 0.3) is 5.91 Å². The first kappa shape index (κ1) is 25.5. The third kappa shape index (κ3) is 5.62. The van der Waals surface area contributed by atoms with Crippen molar-refractivity contribution in [3.63, 3.8) is 0 Å². The molecule has 2 aromatic carbocycles. The van der Waals surface area contributed by atoms with Gasteiger partial charge in [0.15, 0.2) is 0 Å². The van der Waals surface area contributed by atoms with Crippen LogP contribution < -0.4 is 15.5 Å². The molecule has 4 rings (SSSR count). The molecule has 1 aromatic heterocycles. The molecule has 1 fully saturated rings. The maximum absolute atomic E-state index is 12.8. The van der Waals surface area contributed by atoms with Crippen molar-refractivity contribution in [1.82, 2.24) is 10.2 Å². The van der Waals surface area contributed by atoms with Crippen LogP contribution in [0.25, 0.3) is 0 Å². The molecule has 8 nitrogen and oxygen atoms in total. The highest BCUT2D eigenvalue weighted by Crippen LogP contribution is 2.35. The van der Waals surface area contributed by atoms with Crippen LogP contribution in [0.4, 0.5) is 16.5 Å². The highest BCUT2D eigenvalue weighted by Gasteiger charge is 2.34. The Morgan fingerprint density at radius 3 is 2.58 bits per heavy atom. The number of para-hydroxylation sites is 1. The Hall–Kier alpha value is -3.59. The van der Waals surface area contributed by atoms with Crippen molar-refractivity contribution >= 4 is 45.6 Å². The van der Waals surface area contributed by atoms with Gasteiger partial charge >= 0.3 is 0 Å². The monoisotopic (exact) mass is 505 g/mol. The largest absolute Gasteiger partial charge is 0.326 e. The molecule has 1 aliphatic heterocycles. The number of hydrogen-bond donors (Lipinski definition) is 2. The maximum atomic E-state index is 12.8. The summed E-state index contributed by atoms with van der Waals surface area (Å²) >= 11 is 1.28. The van der Waals surface area contributed by atoms with Gasteiger partial charge in [-0.2, -0.15) is 0 Å². The quantitative estimate of drug-likeness (QED) is 0.413. The molecule has 3 amide bonds. The van der Waals surface area contributed by atoms with Gasteiger partial charge in [-0.15, -0.1) is 10.2 Å². The molecule has 0 spiro atoms. The lowest BCUT2D eigenvalue weighted by molar-refractivity contribution is -0.120. The second-order valence-corrected chi connectivity index (χ2v) is 9.88. The van der Waals surface area contributed by atoms with Gasteiger partial charge in [0.05, 0.1) is 0 Å². The summed E-state index contributed by atoms with van der Waals surface area (Å²) in [6, 6.07) is 14.8. The van der Waals surface area contributed by atoms with Crippen LogP contribution in [-0.2, 0) is 16.0 Å². The minimum Gasteiger partial charge on any atom is -0.326 e. The standard InChI is InChI=1S/C27H31N5O3S/c1-4-17(5-2)24(34)28-21-12-9-11-19(14-21)25(35)29-27-31-30-26(36-27)20-15-23(33)32(16-20)22-13-8-7-10-18(22)6-3/h7-14,17,20H,4-6,15-16H2,1-3H3,(H,28,34)(H,29,31,35). The molecular formula is C27H31N5O3S. The number of hydrogen-bond acceptors (Lipinski definition) is 6. The number of nitrogens with zero attached hydrogens (tertiary/aromatic N) is 3.